The number of nitrogens with zero attached hydrogens (tertiary/aromatic N) is 1. The van der Waals surface area contributed by atoms with Gasteiger partial charge >= 0.3 is 0 Å². The van der Waals surface area contributed by atoms with Crippen molar-refractivity contribution in [3.8, 4) is 0 Å². The molecule has 0 saturated carbocycles. The third-order valence-corrected chi connectivity index (χ3v) is 5.56. The maximum absolute atomic E-state index is 12.4. The number of hydrogen-bond acceptors (Lipinski definition) is 6. The van der Waals surface area contributed by atoms with Crippen LogP contribution < -0.4 is 10.6 Å². The molecule has 0 spiro atoms. The van der Waals surface area contributed by atoms with Gasteiger partial charge in [0.1, 0.15) is 5.00 Å². The van der Waals surface area contributed by atoms with Gasteiger partial charge in [-0.1, -0.05) is 12.1 Å². The van der Waals surface area contributed by atoms with E-state index in [1.54, 1.807) is 38.2 Å². The lowest BCUT2D eigenvalue weighted by Gasteiger charge is -2.15. The average molecular weight is 353 g/mol. The smallest absolute Gasteiger partial charge is 0.256 e. The number of hydrogen-bond donors (Lipinski definition) is 2. The number of amides is 1. The number of nitrogens with one attached hydrogen (secondary N) is 2. The second-order valence-electron chi connectivity index (χ2n) is 5.26. The van der Waals surface area contributed by atoms with E-state index in [0.29, 0.717) is 11.3 Å². The number of aromatic nitrogens is 1. The van der Waals surface area contributed by atoms with Gasteiger partial charge in [0, 0.05) is 13.3 Å². The van der Waals surface area contributed by atoms with Crippen molar-refractivity contribution in [1.82, 2.24) is 9.69 Å². The molecule has 0 aliphatic carbocycles. The highest BCUT2D eigenvalue weighted by Crippen LogP contribution is 2.25. The van der Waals surface area contributed by atoms with E-state index in [0.717, 1.165) is 10.6 Å². The Morgan fingerprint density at radius 2 is 1.87 bits per heavy atom. The van der Waals surface area contributed by atoms with E-state index in [1.807, 2.05) is 6.92 Å². The van der Waals surface area contributed by atoms with E-state index < -0.39 is 9.84 Å². The first-order chi connectivity index (χ1) is 10.7. The van der Waals surface area contributed by atoms with Crippen molar-refractivity contribution in [1.29, 1.82) is 0 Å². The molecule has 124 valence electrons. The molecular weight excluding hydrogens is 334 g/mol. The Hall–Kier alpha value is -1.93. The number of benzene rings is 1. The van der Waals surface area contributed by atoms with Crippen LogP contribution in [-0.4, -0.2) is 32.0 Å². The van der Waals surface area contributed by atoms with Crippen molar-refractivity contribution in [2.45, 2.75) is 24.8 Å². The van der Waals surface area contributed by atoms with Crippen molar-refractivity contribution in [3.05, 3.63) is 41.1 Å². The van der Waals surface area contributed by atoms with Crippen LogP contribution in [0.15, 0.2) is 29.2 Å². The zero-order valence-corrected chi connectivity index (χ0v) is 15.0. The van der Waals surface area contributed by atoms with Crippen LogP contribution in [0.1, 0.15) is 34.6 Å². The Kier molecular flexibility index (Phi) is 5.06. The topological polar surface area (TPSA) is 88.2 Å². The quantitative estimate of drug-likeness (QED) is 0.862. The molecule has 0 saturated heterocycles. The molecule has 1 aromatic heterocycles. The summed E-state index contributed by atoms with van der Waals surface area (Å²) in [4.78, 5) is 12.7. The summed E-state index contributed by atoms with van der Waals surface area (Å²) in [6, 6.07) is 6.26. The summed E-state index contributed by atoms with van der Waals surface area (Å²) >= 11 is 1.24. The highest BCUT2D eigenvalue weighted by Gasteiger charge is 2.20. The van der Waals surface area contributed by atoms with E-state index in [9.17, 15) is 13.2 Å². The zero-order chi connectivity index (χ0) is 17.2. The van der Waals surface area contributed by atoms with Crippen LogP contribution in [0.4, 0.5) is 5.00 Å². The Morgan fingerprint density at radius 1 is 1.26 bits per heavy atom. The van der Waals surface area contributed by atoms with Crippen molar-refractivity contribution < 1.29 is 13.2 Å². The van der Waals surface area contributed by atoms with Crippen LogP contribution >= 0.6 is 11.5 Å². The summed E-state index contributed by atoms with van der Waals surface area (Å²) in [6.45, 7) is 3.64. The Labute approximate surface area is 140 Å². The van der Waals surface area contributed by atoms with Crippen molar-refractivity contribution >= 4 is 32.3 Å². The largest absolute Gasteiger partial charge is 0.378 e. The van der Waals surface area contributed by atoms with Gasteiger partial charge < -0.3 is 10.6 Å². The van der Waals surface area contributed by atoms with Crippen molar-refractivity contribution in [3.63, 3.8) is 0 Å². The van der Waals surface area contributed by atoms with Crippen LogP contribution in [-0.2, 0) is 9.84 Å². The number of rotatable bonds is 5. The standard InChI is InChI=1S/C15H19N3O3S2/c1-9(11-5-7-12(8-6-11)23(4,20)21)17-14(19)13-10(2)18-22-15(13)16-3/h5-9,16H,1-4H3,(H,17,19)/t9-/m0/s1. The van der Waals surface area contributed by atoms with Gasteiger partial charge in [-0.25, -0.2) is 8.42 Å². The summed E-state index contributed by atoms with van der Waals surface area (Å²) in [5, 5.41) is 6.60. The molecular formula is C15H19N3O3S2. The summed E-state index contributed by atoms with van der Waals surface area (Å²) in [6.07, 6.45) is 1.17. The number of carbonyl (C=O) groups is 1. The molecule has 0 bridgehead atoms. The first-order valence-electron chi connectivity index (χ1n) is 6.99. The maximum Gasteiger partial charge on any atom is 0.256 e. The molecule has 1 atom stereocenters. The molecule has 0 radical (unpaired) electrons. The molecule has 1 aromatic carbocycles. The normalized spacial score (nSPS) is 12.7. The fourth-order valence-electron chi connectivity index (χ4n) is 2.16. The van der Waals surface area contributed by atoms with Crippen molar-refractivity contribution in [2.75, 3.05) is 18.6 Å². The predicted molar refractivity (Wildman–Crippen MR) is 91.8 cm³/mol. The minimum Gasteiger partial charge on any atom is -0.378 e. The SMILES string of the molecule is CNc1snc(C)c1C(=O)N[C@@H](C)c1ccc(S(C)(=O)=O)cc1. The molecule has 6 nitrogen and oxygen atoms in total. The maximum atomic E-state index is 12.4. The molecule has 23 heavy (non-hydrogen) atoms. The molecule has 0 aliphatic heterocycles. The molecule has 2 rings (SSSR count). The molecule has 0 aliphatic rings. The van der Waals surface area contributed by atoms with Gasteiger partial charge in [0.15, 0.2) is 9.84 Å². The van der Waals surface area contributed by atoms with Crippen molar-refractivity contribution in [2.24, 2.45) is 0 Å². The van der Waals surface area contributed by atoms with Gasteiger partial charge in [0.25, 0.3) is 5.91 Å². The molecule has 2 aromatic rings. The highest BCUT2D eigenvalue weighted by molar-refractivity contribution is 7.90. The monoisotopic (exact) mass is 353 g/mol. The number of sulfone groups is 1. The summed E-state index contributed by atoms with van der Waals surface area (Å²) in [7, 11) is -1.47. The minimum absolute atomic E-state index is 0.208. The number of carbonyl (C=O) groups excluding carboxylic acids is 1. The molecule has 2 N–H and O–H groups in total. The van der Waals surface area contributed by atoms with Crippen LogP contribution in [0, 0.1) is 6.92 Å². The lowest BCUT2D eigenvalue weighted by molar-refractivity contribution is 0.0940. The van der Waals surface area contributed by atoms with Gasteiger partial charge in [-0.2, -0.15) is 4.37 Å². The Morgan fingerprint density at radius 3 is 2.39 bits per heavy atom. The molecule has 0 unspecified atom stereocenters. The second kappa shape index (κ2) is 6.67. The third kappa shape index (κ3) is 3.89. The minimum atomic E-state index is -3.22. The predicted octanol–water partition coefficient (Wildman–Crippen LogP) is 2.39. The van der Waals surface area contributed by atoms with Gasteiger partial charge in [-0.15, -0.1) is 0 Å². The van der Waals surface area contributed by atoms with Gasteiger partial charge in [-0.3, -0.25) is 4.79 Å². The van der Waals surface area contributed by atoms with Crippen LogP contribution in [0.3, 0.4) is 0 Å². The number of anilines is 1. The van der Waals surface area contributed by atoms with E-state index in [1.165, 1.54) is 17.8 Å². The molecule has 1 amide bonds. The van der Waals surface area contributed by atoms with Crippen LogP contribution in [0.2, 0.25) is 0 Å². The fraction of sp³-hybridized carbons (Fsp3) is 0.333. The fourth-order valence-corrected chi connectivity index (χ4v) is 3.54. The summed E-state index contributed by atoms with van der Waals surface area (Å²) in [5.41, 5.74) is 2.05. The van der Waals surface area contributed by atoms with E-state index in [2.05, 4.69) is 15.0 Å². The van der Waals surface area contributed by atoms with E-state index >= 15 is 0 Å². The Bertz CT molecular complexity index is 811. The Balaban J connectivity index is 2.17. The summed E-state index contributed by atoms with van der Waals surface area (Å²) in [5.74, 6) is -0.208. The third-order valence-electron chi connectivity index (χ3n) is 3.47. The molecule has 0 fully saturated rings. The lowest BCUT2D eigenvalue weighted by atomic mass is 10.1. The zero-order valence-electron chi connectivity index (χ0n) is 13.4. The van der Waals surface area contributed by atoms with Crippen LogP contribution in [0.25, 0.3) is 0 Å². The summed E-state index contributed by atoms with van der Waals surface area (Å²) < 4.78 is 27.1. The first kappa shape index (κ1) is 17.4. The van der Waals surface area contributed by atoms with E-state index in [4.69, 9.17) is 0 Å². The molecule has 8 heteroatoms. The lowest BCUT2D eigenvalue weighted by Crippen LogP contribution is -2.27. The highest BCUT2D eigenvalue weighted by atomic mass is 32.2. The van der Waals surface area contributed by atoms with E-state index in [-0.39, 0.29) is 16.8 Å². The number of aryl methyl sites for hydroxylation is 1. The second-order valence-corrected chi connectivity index (χ2v) is 8.05. The van der Waals surface area contributed by atoms with Gasteiger partial charge in [-0.05, 0) is 43.1 Å². The van der Waals surface area contributed by atoms with Gasteiger partial charge in [0.05, 0.1) is 22.2 Å². The van der Waals surface area contributed by atoms with Crippen LogP contribution in [0.5, 0.6) is 0 Å². The average Bonchev–Trinajstić information content (AvgIpc) is 2.87. The van der Waals surface area contributed by atoms with Gasteiger partial charge in [0.2, 0.25) is 0 Å². The first-order valence-corrected chi connectivity index (χ1v) is 9.65. The molecule has 1 heterocycles.